The first-order chi connectivity index (χ1) is 14.8. The van der Waals surface area contributed by atoms with Crippen molar-refractivity contribution >= 4 is 28.1 Å². The van der Waals surface area contributed by atoms with Crippen LogP contribution in [0.5, 0.6) is 0 Å². The molecule has 3 heterocycles. The highest BCUT2D eigenvalue weighted by atomic mass is 19.4. The van der Waals surface area contributed by atoms with E-state index in [0.717, 1.165) is 22.9 Å². The molecule has 2 N–H and O–H groups in total. The number of nitrogens with zero attached hydrogens (tertiary/aromatic N) is 3. The van der Waals surface area contributed by atoms with Gasteiger partial charge >= 0.3 is 6.18 Å². The summed E-state index contributed by atoms with van der Waals surface area (Å²) < 4.78 is 37.2. The lowest BCUT2D eigenvalue weighted by atomic mass is 9.95. The zero-order chi connectivity index (χ0) is 22.0. The van der Waals surface area contributed by atoms with Gasteiger partial charge in [-0.3, -0.25) is 4.79 Å². The third-order valence-corrected chi connectivity index (χ3v) is 5.88. The molecule has 0 atom stereocenters. The fourth-order valence-corrected chi connectivity index (χ4v) is 4.05. The van der Waals surface area contributed by atoms with Crippen LogP contribution in [0.1, 0.15) is 24.8 Å². The number of nitrogens with one attached hydrogen (secondary N) is 2. The standard InChI is InChI=1S/C22H26F3N5O/c1-29-14-19(13-27-29)16-2-3-17-12-26-20(11-18(17)10-16)28-21(31)15-4-7-30(8-5-15)9-6-22(23,24)25/h2-3,10-12,14-15,27H,4-9,13H2,1H3,(H,26,28,31). The summed E-state index contributed by atoms with van der Waals surface area (Å²) in [7, 11) is 1.95. The Labute approximate surface area is 179 Å². The minimum atomic E-state index is -4.14. The lowest BCUT2D eigenvalue weighted by molar-refractivity contribution is -0.139. The quantitative estimate of drug-likeness (QED) is 0.754. The van der Waals surface area contributed by atoms with Gasteiger partial charge in [0.1, 0.15) is 5.82 Å². The summed E-state index contributed by atoms with van der Waals surface area (Å²) in [6.07, 6.45) is -0.0626. The molecule has 2 aliphatic heterocycles. The Morgan fingerprint density at radius 1 is 1.23 bits per heavy atom. The maximum Gasteiger partial charge on any atom is 0.390 e. The molecule has 0 radical (unpaired) electrons. The molecule has 0 saturated carbocycles. The number of benzene rings is 1. The van der Waals surface area contributed by atoms with Gasteiger partial charge in [-0.1, -0.05) is 12.1 Å². The number of hydrazine groups is 1. The van der Waals surface area contributed by atoms with Gasteiger partial charge in [0.05, 0.1) is 6.42 Å². The van der Waals surface area contributed by atoms with E-state index in [0.29, 0.717) is 31.7 Å². The fourth-order valence-electron chi connectivity index (χ4n) is 4.05. The van der Waals surface area contributed by atoms with Crippen LogP contribution in [0.25, 0.3) is 16.3 Å². The second-order valence-electron chi connectivity index (χ2n) is 8.20. The Kier molecular flexibility index (Phi) is 6.15. The van der Waals surface area contributed by atoms with Crippen LogP contribution in [-0.2, 0) is 4.79 Å². The van der Waals surface area contributed by atoms with E-state index >= 15 is 0 Å². The number of carbonyl (C=O) groups is 1. The third-order valence-electron chi connectivity index (χ3n) is 5.88. The Hall–Kier alpha value is -2.65. The number of hydrogen-bond donors (Lipinski definition) is 2. The summed E-state index contributed by atoms with van der Waals surface area (Å²) in [5, 5.41) is 6.78. The molecule has 1 aromatic carbocycles. The molecule has 0 aliphatic carbocycles. The van der Waals surface area contributed by atoms with E-state index in [1.165, 1.54) is 5.57 Å². The first-order valence-corrected chi connectivity index (χ1v) is 10.4. The molecule has 0 spiro atoms. The Morgan fingerprint density at radius 3 is 2.68 bits per heavy atom. The number of aromatic nitrogens is 1. The molecule has 9 heteroatoms. The minimum absolute atomic E-state index is 0.00581. The highest BCUT2D eigenvalue weighted by molar-refractivity contribution is 5.94. The van der Waals surface area contributed by atoms with E-state index in [9.17, 15) is 18.0 Å². The van der Waals surface area contributed by atoms with Crippen molar-refractivity contribution in [2.45, 2.75) is 25.4 Å². The molecular formula is C22H26F3N5O. The average Bonchev–Trinajstić information content (AvgIpc) is 3.18. The topological polar surface area (TPSA) is 60.5 Å². The van der Waals surface area contributed by atoms with Gasteiger partial charge in [-0.25, -0.2) is 10.4 Å². The summed E-state index contributed by atoms with van der Waals surface area (Å²) in [5.41, 5.74) is 5.52. The predicted molar refractivity (Wildman–Crippen MR) is 114 cm³/mol. The molecule has 1 amide bonds. The second-order valence-corrected chi connectivity index (χ2v) is 8.20. The lowest BCUT2D eigenvalue weighted by Crippen LogP contribution is -2.39. The van der Waals surface area contributed by atoms with Crippen LogP contribution >= 0.6 is 0 Å². The van der Waals surface area contributed by atoms with Gasteiger partial charge in [0.25, 0.3) is 0 Å². The Morgan fingerprint density at radius 2 is 2.00 bits per heavy atom. The first-order valence-electron chi connectivity index (χ1n) is 10.4. The van der Waals surface area contributed by atoms with E-state index in [2.05, 4.69) is 27.9 Å². The molecule has 6 nitrogen and oxygen atoms in total. The zero-order valence-corrected chi connectivity index (χ0v) is 17.4. The summed E-state index contributed by atoms with van der Waals surface area (Å²) >= 11 is 0. The van der Waals surface area contributed by atoms with Gasteiger partial charge in [-0.15, -0.1) is 0 Å². The van der Waals surface area contributed by atoms with Crippen molar-refractivity contribution < 1.29 is 18.0 Å². The van der Waals surface area contributed by atoms with Gasteiger partial charge < -0.3 is 15.2 Å². The van der Waals surface area contributed by atoms with E-state index in [1.54, 1.807) is 11.1 Å². The van der Waals surface area contributed by atoms with Crippen LogP contribution in [-0.4, -0.2) is 60.2 Å². The molecule has 1 saturated heterocycles. The van der Waals surface area contributed by atoms with Crippen molar-refractivity contribution in [2.75, 3.05) is 38.5 Å². The zero-order valence-electron chi connectivity index (χ0n) is 17.4. The largest absolute Gasteiger partial charge is 0.390 e. The minimum Gasteiger partial charge on any atom is -0.318 e. The normalized spacial score (nSPS) is 18.5. The van der Waals surface area contributed by atoms with Crippen molar-refractivity contribution in [1.82, 2.24) is 20.3 Å². The van der Waals surface area contributed by atoms with E-state index < -0.39 is 12.6 Å². The fraction of sp³-hybridized carbons (Fsp3) is 0.455. The number of rotatable bonds is 5. The highest BCUT2D eigenvalue weighted by Gasteiger charge is 2.30. The molecule has 166 valence electrons. The van der Waals surface area contributed by atoms with E-state index in [-0.39, 0.29) is 18.4 Å². The SMILES string of the molecule is CN1C=C(c2ccc3cnc(NC(=O)C4CCN(CCC(F)(F)F)CC4)cc3c2)CN1. The Balaban J connectivity index is 1.37. The molecule has 31 heavy (non-hydrogen) atoms. The summed E-state index contributed by atoms with van der Waals surface area (Å²) in [6.45, 7) is 1.76. The molecule has 2 aromatic rings. The van der Waals surface area contributed by atoms with Crippen molar-refractivity contribution in [2.24, 2.45) is 5.92 Å². The molecular weight excluding hydrogens is 407 g/mol. The second kappa shape index (κ2) is 8.84. The highest BCUT2D eigenvalue weighted by Crippen LogP contribution is 2.26. The van der Waals surface area contributed by atoms with E-state index in [1.807, 2.05) is 30.4 Å². The number of fused-ring (bicyclic) bond motifs is 1. The van der Waals surface area contributed by atoms with Crippen molar-refractivity contribution in [3.63, 3.8) is 0 Å². The van der Waals surface area contributed by atoms with Gasteiger partial charge in [0.15, 0.2) is 0 Å². The van der Waals surface area contributed by atoms with Crippen LogP contribution in [0.15, 0.2) is 36.7 Å². The number of piperidine rings is 1. The lowest BCUT2D eigenvalue weighted by Gasteiger charge is -2.31. The molecule has 4 rings (SSSR count). The molecule has 0 bridgehead atoms. The van der Waals surface area contributed by atoms with Crippen LogP contribution in [0.2, 0.25) is 0 Å². The molecule has 0 unspecified atom stereocenters. The molecule has 2 aliphatic rings. The summed E-state index contributed by atoms with van der Waals surface area (Å²) in [6, 6.07) is 8.01. The third kappa shape index (κ3) is 5.54. The molecule has 1 fully saturated rings. The van der Waals surface area contributed by atoms with Crippen molar-refractivity contribution in [1.29, 1.82) is 0 Å². The number of hydrogen-bond acceptors (Lipinski definition) is 5. The van der Waals surface area contributed by atoms with Crippen molar-refractivity contribution in [3.05, 3.63) is 42.2 Å². The monoisotopic (exact) mass is 433 g/mol. The van der Waals surface area contributed by atoms with Crippen LogP contribution in [0.4, 0.5) is 19.0 Å². The van der Waals surface area contributed by atoms with Crippen molar-refractivity contribution in [3.8, 4) is 0 Å². The van der Waals surface area contributed by atoms with Gasteiger partial charge in [0, 0.05) is 43.8 Å². The number of likely N-dealkylation sites (tertiary alicyclic amines) is 1. The first kappa shape index (κ1) is 21.6. The number of alkyl halides is 3. The summed E-state index contributed by atoms with van der Waals surface area (Å²) in [4.78, 5) is 18.8. The number of halogens is 3. The average molecular weight is 433 g/mol. The van der Waals surface area contributed by atoms with E-state index in [4.69, 9.17) is 0 Å². The maximum atomic E-state index is 12.7. The number of anilines is 1. The molecule has 1 aromatic heterocycles. The van der Waals surface area contributed by atoms with Crippen LogP contribution < -0.4 is 10.7 Å². The number of pyridine rings is 1. The number of amides is 1. The van der Waals surface area contributed by atoms with Crippen LogP contribution in [0.3, 0.4) is 0 Å². The van der Waals surface area contributed by atoms with Gasteiger partial charge in [-0.2, -0.15) is 13.2 Å². The number of carbonyl (C=O) groups excluding carboxylic acids is 1. The summed E-state index contributed by atoms with van der Waals surface area (Å²) in [5.74, 6) is 0.156. The van der Waals surface area contributed by atoms with Gasteiger partial charge in [0.2, 0.25) is 5.91 Å². The Bertz CT molecular complexity index is 983. The predicted octanol–water partition coefficient (Wildman–Crippen LogP) is 3.63. The smallest absolute Gasteiger partial charge is 0.318 e. The maximum absolute atomic E-state index is 12.7. The van der Waals surface area contributed by atoms with Crippen LogP contribution in [0, 0.1) is 5.92 Å². The van der Waals surface area contributed by atoms with Gasteiger partial charge in [-0.05, 0) is 54.6 Å².